The topological polar surface area (TPSA) is 12.0 Å². The van der Waals surface area contributed by atoms with Gasteiger partial charge in [0.1, 0.15) is 0 Å². The SMILES string of the molecule is CNC1CCC(c2ccccc2C2CCC2)C1C. The van der Waals surface area contributed by atoms with E-state index < -0.39 is 0 Å². The first-order valence-electron chi connectivity index (χ1n) is 7.57. The van der Waals surface area contributed by atoms with E-state index in [-0.39, 0.29) is 0 Å². The van der Waals surface area contributed by atoms with Crippen molar-refractivity contribution in [3.05, 3.63) is 35.4 Å². The smallest absolute Gasteiger partial charge is 0.00957 e. The van der Waals surface area contributed by atoms with Crippen LogP contribution in [0.15, 0.2) is 24.3 Å². The van der Waals surface area contributed by atoms with Crippen LogP contribution in [0.25, 0.3) is 0 Å². The first kappa shape index (κ1) is 12.2. The van der Waals surface area contributed by atoms with E-state index in [2.05, 4.69) is 43.6 Å². The largest absolute Gasteiger partial charge is 0.317 e. The highest BCUT2D eigenvalue weighted by molar-refractivity contribution is 5.35. The van der Waals surface area contributed by atoms with Crippen LogP contribution < -0.4 is 5.32 Å². The zero-order valence-corrected chi connectivity index (χ0v) is 11.7. The lowest BCUT2D eigenvalue weighted by Gasteiger charge is -2.31. The van der Waals surface area contributed by atoms with Crippen LogP contribution in [0.2, 0.25) is 0 Å². The molecular formula is C17H25N. The molecule has 3 unspecified atom stereocenters. The molecule has 0 heterocycles. The highest BCUT2D eigenvalue weighted by atomic mass is 14.9. The van der Waals surface area contributed by atoms with Gasteiger partial charge >= 0.3 is 0 Å². The molecule has 1 nitrogen and oxygen atoms in total. The molecule has 2 saturated carbocycles. The Kier molecular flexibility index (Phi) is 3.43. The zero-order chi connectivity index (χ0) is 12.5. The molecule has 1 N–H and O–H groups in total. The van der Waals surface area contributed by atoms with Gasteiger partial charge in [0.2, 0.25) is 0 Å². The van der Waals surface area contributed by atoms with Crippen LogP contribution in [-0.4, -0.2) is 13.1 Å². The number of rotatable bonds is 3. The van der Waals surface area contributed by atoms with Crippen molar-refractivity contribution >= 4 is 0 Å². The van der Waals surface area contributed by atoms with Gasteiger partial charge in [-0.05, 0) is 61.6 Å². The van der Waals surface area contributed by atoms with Crippen molar-refractivity contribution in [3.63, 3.8) is 0 Å². The summed E-state index contributed by atoms with van der Waals surface area (Å²) in [6.45, 7) is 2.43. The molecule has 0 aromatic heterocycles. The molecule has 1 aromatic carbocycles. The van der Waals surface area contributed by atoms with E-state index in [9.17, 15) is 0 Å². The van der Waals surface area contributed by atoms with Gasteiger partial charge in [0.25, 0.3) is 0 Å². The average Bonchev–Trinajstić information content (AvgIpc) is 2.69. The highest BCUT2D eigenvalue weighted by Crippen LogP contribution is 2.45. The maximum absolute atomic E-state index is 3.49. The first-order valence-corrected chi connectivity index (χ1v) is 7.57. The Morgan fingerprint density at radius 3 is 2.28 bits per heavy atom. The molecule has 1 heteroatoms. The standard InChI is InChI=1S/C17H25N/c1-12-14(10-11-17(12)18-2)16-9-4-3-8-15(16)13-6-5-7-13/h3-4,8-9,12-14,17-18H,5-7,10-11H2,1-2H3. The van der Waals surface area contributed by atoms with Gasteiger partial charge in [0, 0.05) is 6.04 Å². The summed E-state index contributed by atoms with van der Waals surface area (Å²) < 4.78 is 0. The predicted octanol–water partition coefficient (Wildman–Crippen LogP) is 4.06. The van der Waals surface area contributed by atoms with Gasteiger partial charge in [0.05, 0.1) is 0 Å². The van der Waals surface area contributed by atoms with Crippen LogP contribution in [0, 0.1) is 5.92 Å². The second kappa shape index (κ2) is 5.05. The molecule has 0 saturated heterocycles. The van der Waals surface area contributed by atoms with E-state index in [0.717, 1.165) is 17.8 Å². The highest BCUT2D eigenvalue weighted by Gasteiger charge is 2.35. The Hall–Kier alpha value is -0.820. The fraction of sp³-hybridized carbons (Fsp3) is 0.647. The Morgan fingerprint density at radius 1 is 1.00 bits per heavy atom. The average molecular weight is 243 g/mol. The molecule has 0 aliphatic heterocycles. The van der Waals surface area contributed by atoms with Gasteiger partial charge < -0.3 is 5.32 Å². The van der Waals surface area contributed by atoms with Gasteiger partial charge in [-0.2, -0.15) is 0 Å². The molecule has 0 amide bonds. The lowest BCUT2D eigenvalue weighted by atomic mass is 9.74. The number of benzene rings is 1. The first-order chi connectivity index (χ1) is 8.81. The Morgan fingerprint density at radius 2 is 1.72 bits per heavy atom. The van der Waals surface area contributed by atoms with E-state index in [1.807, 2.05) is 0 Å². The summed E-state index contributed by atoms with van der Waals surface area (Å²) in [6, 6.07) is 9.96. The molecule has 3 rings (SSSR count). The minimum Gasteiger partial charge on any atom is -0.317 e. The zero-order valence-electron chi connectivity index (χ0n) is 11.7. The monoisotopic (exact) mass is 243 g/mol. The van der Waals surface area contributed by atoms with Crippen molar-refractivity contribution in [2.75, 3.05) is 7.05 Å². The Balaban J connectivity index is 1.87. The summed E-state index contributed by atoms with van der Waals surface area (Å²) in [7, 11) is 2.11. The molecule has 2 aliphatic rings. The summed E-state index contributed by atoms with van der Waals surface area (Å²) >= 11 is 0. The van der Waals surface area contributed by atoms with E-state index in [1.54, 1.807) is 11.1 Å². The van der Waals surface area contributed by atoms with Gasteiger partial charge in [-0.1, -0.05) is 37.6 Å². The quantitative estimate of drug-likeness (QED) is 0.844. The van der Waals surface area contributed by atoms with Crippen molar-refractivity contribution in [2.45, 2.75) is 56.9 Å². The molecule has 0 spiro atoms. The minimum absolute atomic E-state index is 0.712. The molecule has 18 heavy (non-hydrogen) atoms. The van der Waals surface area contributed by atoms with Crippen molar-refractivity contribution in [3.8, 4) is 0 Å². The summed E-state index contributed by atoms with van der Waals surface area (Å²) in [5.74, 6) is 2.41. The maximum atomic E-state index is 3.49. The van der Waals surface area contributed by atoms with Crippen LogP contribution in [0.1, 0.15) is 62.0 Å². The summed E-state index contributed by atoms with van der Waals surface area (Å²) in [5, 5.41) is 3.49. The lowest BCUT2D eigenvalue weighted by Crippen LogP contribution is -2.29. The number of nitrogens with one attached hydrogen (secondary N) is 1. The third-order valence-corrected chi connectivity index (χ3v) is 5.37. The fourth-order valence-electron chi connectivity index (χ4n) is 3.95. The second-order valence-electron chi connectivity index (χ2n) is 6.19. The molecule has 0 bridgehead atoms. The third kappa shape index (κ3) is 1.99. The number of hydrogen-bond acceptors (Lipinski definition) is 1. The molecule has 1 aromatic rings. The second-order valence-corrected chi connectivity index (χ2v) is 6.19. The predicted molar refractivity (Wildman–Crippen MR) is 77.0 cm³/mol. The van der Waals surface area contributed by atoms with Crippen LogP contribution >= 0.6 is 0 Å². The van der Waals surface area contributed by atoms with Crippen molar-refractivity contribution in [1.82, 2.24) is 5.32 Å². The van der Waals surface area contributed by atoms with Gasteiger partial charge in [-0.25, -0.2) is 0 Å². The maximum Gasteiger partial charge on any atom is 0.00957 e. The van der Waals surface area contributed by atoms with Crippen LogP contribution in [-0.2, 0) is 0 Å². The van der Waals surface area contributed by atoms with Crippen LogP contribution in [0.3, 0.4) is 0 Å². The normalized spacial score (nSPS) is 32.4. The third-order valence-electron chi connectivity index (χ3n) is 5.37. The summed E-state index contributed by atoms with van der Waals surface area (Å²) in [5.41, 5.74) is 3.32. The van der Waals surface area contributed by atoms with Crippen molar-refractivity contribution < 1.29 is 0 Å². The van der Waals surface area contributed by atoms with Gasteiger partial charge in [-0.15, -0.1) is 0 Å². The van der Waals surface area contributed by atoms with Crippen LogP contribution in [0.5, 0.6) is 0 Å². The lowest BCUT2D eigenvalue weighted by molar-refractivity contribution is 0.401. The van der Waals surface area contributed by atoms with Crippen molar-refractivity contribution in [1.29, 1.82) is 0 Å². The Labute approximate surface area is 111 Å². The van der Waals surface area contributed by atoms with Crippen molar-refractivity contribution in [2.24, 2.45) is 5.92 Å². The molecule has 2 fully saturated rings. The summed E-state index contributed by atoms with van der Waals surface area (Å²) in [4.78, 5) is 0. The summed E-state index contributed by atoms with van der Waals surface area (Å²) in [6.07, 6.45) is 6.94. The molecular weight excluding hydrogens is 218 g/mol. The van der Waals surface area contributed by atoms with Gasteiger partial charge in [-0.3, -0.25) is 0 Å². The molecule has 3 atom stereocenters. The van der Waals surface area contributed by atoms with E-state index in [4.69, 9.17) is 0 Å². The fourth-order valence-corrected chi connectivity index (χ4v) is 3.95. The van der Waals surface area contributed by atoms with E-state index in [1.165, 1.54) is 32.1 Å². The van der Waals surface area contributed by atoms with Crippen LogP contribution in [0.4, 0.5) is 0 Å². The van der Waals surface area contributed by atoms with E-state index in [0.29, 0.717) is 6.04 Å². The van der Waals surface area contributed by atoms with E-state index >= 15 is 0 Å². The molecule has 98 valence electrons. The Bertz CT molecular complexity index is 408. The molecule has 0 radical (unpaired) electrons. The number of hydrogen-bond donors (Lipinski definition) is 1. The minimum atomic E-state index is 0.712. The molecule has 2 aliphatic carbocycles. The van der Waals surface area contributed by atoms with Gasteiger partial charge in [0.15, 0.2) is 0 Å².